The SMILES string of the molecule is COc1cc(-c2cn([C@@]3(C)CCc4ccccc4N(CC(F)(F)F)C3=O)nn2)ccc1-n1cnc(C)c1. The second-order valence-electron chi connectivity index (χ2n) is 9.27. The molecule has 0 bridgehead atoms. The van der Waals surface area contributed by atoms with Crippen LogP contribution in [0.1, 0.15) is 24.6 Å². The number of para-hydroxylation sites is 1. The molecule has 0 saturated heterocycles. The number of ether oxygens (including phenoxy) is 1. The molecule has 37 heavy (non-hydrogen) atoms. The molecule has 2 aromatic heterocycles. The lowest BCUT2D eigenvalue weighted by molar-refractivity contribution is -0.137. The summed E-state index contributed by atoms with van der Waals surface area (Å²) in [5, 5.41) is 8.44. The van der Waals surface area contributed by atoms with Crippen LogP contribution in [0.15, 0.2) is 61.2 Å². The number of halogens is 3. The highest BCUT2D eigenvalue weighted by atomic mass is 19.4. The number of alkyl halides is 3. The van der Waals surface area contributed by atoms with E-state index in [9.17, 15) is 18.0 Å². The molecule has 1 amide bonds. The minimum atomic E-state index is -4.56. The summed E-state index contributed by atoms with van der Waals surface area (Å²) in [6.07, 6.45) is 1.27. The molecule has 0 radical (unpaired) electrons. The van der Waals surface area contributed by atoms with Crippen LogP contribution in [0.5, 0.6) is 5.75 Å². The zero-order valence-corrected chi connectivity index (χ0v) is 20.5. The Morgan fingerprint density at radius 2 is 1.89 bits per heavy atom. The van der Waals surface area contributed by atoms with Crippen molar-refractivity contribution < 1.29 is 22.7 Å². The molecule has 0 aliphatic carbocycles. The van der Waals surface area contributed by atoms with E-state index in [-0.39, 0.29) is 12.1 Å². The van der Waals surface area contributed by atoms with E-state index in [1.807, 2.05) is 29.8 Å². The molecule has 0 N–H and O–H groups in total. The normalized spacial score (nSPS) is 18.0. The van der Waals surface area contributed by atoms with Gasteiger partial charge in [-0.2, -0.15) is 13.2 Å². The van der Waals surface area contributed by atoms with E-state index in [0.717, 1.165) is 16.3 Å². The topological polar surface area (TPSA) is 78.1 Å². The third kappa shape index (κ3) is 4.56. The Hall–Kier alpha value is -4.15. The van der Waals surface area contributed by atoms with Crippen LogP contribution in [0.2, 0.25) is 0 Å². The van der Waals surface area contributed by atoms with Gasteiger partial charge in [-0.25, -0.2) is 9.67 Å². The first-order chi connectivity index (χ1) is 17.6. The lowest BCUT2D eigenvalue weighted by Gasteiger charge is -2.32. The fourth-order valence-electron chi connectivity index (χ4n) is 4.66. The zero-order chi connectivity index (χ0) is 26.4. The molecule has 11 heteroatoms. The largest absolute Gasteiger partial charge is 0.495 e. The molecule has 0 spiro atoms. The summed E-state index contributed by atoms with van der Waals surface area (Å²) in [6, 6.07) is 12.2. The van der Waals surface area contributed by atoms with Crippen molar-refractivity contribution >= 4 is 11.6 Å². The van der Waals surface area contributed by atoms with E-state index in [4.69, 9.17) is 4.74 Å². The van der Waals surface area contributed by atoms with Crippen molar-refractivity contribution in [3.63, 3.8) is 0 Å². The summed E-state index contributed by atoms with van der Waals surface area (Å²) in [5.74, 6) is -0.109. The molecule has 1 atom stereocenters. The number of aryl methyl sites for hydroxylation is 2. The van der Waals surface area contributed by atoms with Gasteiger partial charge in [-0.3, -0.25) is 4.79 Å². The van der Waals surface area contributed by atoms with Crippen molar-refractivity contribution in [2.24, 2.45) is 0 Å². The van der Waals surface area contributed by atoms with Crippen molar-refractivity contribution in [1.82, 2.24) is 24.5 Å². The van der Waals surface area contributed by atoms with Crippen molar-refractivity contribution in [3.05, 3.63) is 72.4 Å². The smallest absolute Gasteiger partial charge is 0.406 e. The van der Waals surface area contributed by atoms with Gasteiger partial charge in [-0.15, -0.1) is 5.10 Å². The Bertz CT molecular complexity index is 1460. The van der Waals surface area contributed by atoms with Gasteiger partial charge in [-0.05, 0) is 50.5 Å². The van der Waals surface area contributed by atoms with Gasteiger partial charge in [0.1, 0.15) is 23.5 Å². The first-order valence-electron chi connectivity index (χ1n) is 11.7. The maximum absolute atomic E-state index is 13.7. The number of benzene rings is 2. The van der Waals surface area contributed by atoms with Gasteiger partial charge < -0.3 is 14.2 Å². The Morgan fingerprint density at radius 1 is 1.11 bits per heavy atom. The highest BCUT2D eigenvalue weighted by Crippen LogP contribution is 2.37. The number of nitrogens with zero attached hydrogens (tertiary/aromatic N) is 6. The lowest BCUT2D eigenvalue weighted by Crippen LogP contribution is -2.51. The summed E-state index contributed by atoms with van der Waals surface area (Å²) >= 11 is 0. The molecule has 3 heterocycles. The molecule has 192 valence electrons. The molecule has 1 aliphatic rings. The maximum atomic E-state index is 13.7. The monoisotopic (exact) mass is 510 g/mol. The molecule has 1 aliphatic heterocycles. The first kappa shape index (κ1) is 24.5. The molecule has 4 aromatic rings. The average Bonchev–Trinajstić information content (AvgIpc) is 3.52. The van der Waals surface area contributed by atoms with Gasteiger partial charge in [-0.1, -0.05) is 29.5 Å². The van der Waals surface area contributed by atoms with Gasteiger partial charge in [0, 0.05) is 17.4 Å². The Labute approximate surface area is 211 Å². The van der Waals surface area contributed by atoms with Crippen LogP contribution < -0.4 is 9.64 Å². The van der Waals surface area contributed by atoms with Gasteiger partial charge in [0.25, 0.3) is 5.91 Å². The number of carbonyl (C=O) groups is 1. The molecular weight excluding hydrogens is 485 g/mol. The standard InChI is InChI=1S/C26H25F3N6O2/c1-17-13-33(16-30-17)22-9-8-19(12-23(22)37-3)20-14-35(32-31-20)25(2)11-10-18-6-4-5-7-21(18)34(24(25)36)15-26(27,28)29/h4-9,12-14,16H,10-11,15H2,1-3H3/t25-/m0/s1. The molecule has 0 fully saturated rings. The minimum Gasteiger partial charge on any atom is -0.495 e. The number of methoxy groups -OCH3 is 1. The molecule has 2 aromatic carbocycles. The number of imidazole rings is 1. The molecule has 5 rings (SSSR count). The third-order valence-corrected chi connectivity index (χ3v) is 6.67. The predicted octanol–water partition coefficient (Wildman–Crippen LogP) is 4.70. The van der Waals surface area contributed by atoms with E-state index in [1.54, 1.807) is 56.9 Å². The molecular formula is C26H25F3N6O2. The summed E-state index contributed by atoms with van der Waals surface area (Å²) in [7, 11) is 1.56. The number of hydrogen-bond acceptors (Lipinski definition) is 5. The Morgan fingerprint density at radius 3 is 2.59 bits per heavy atom. The molecule has 0 saturated carbocycles. The van der Waals surface area contributed by atoms with Gasteiger partial charge >= 0.3 is 6.18 Å². The highest BCUT2D eigenvalue weighted by Gasteiger charge is 2.46. The van der Waals surface area contributed by atoms with Crippen LogP contribution in [-0.2, 0) is 16.8 Å². The lowest BCUT2D eigenvalue weighted by atomic mass is 9.93. The van der Waals surface area contributed by atoms with Crippen LogP contribution in [-0.4, -0.2) is 50.3 Å². The average molecular weight is 511 g/mol. The van der Waals surface area contributed by atoms with Gasteiger partial charge in [0.05, 0.1) is 31.0 Å². The van der Waals surface area contributed by atoms with Gasteiger partial charge in [0.15, 0.2) is 0 Å². The number of rotatable bonds is 5. The highest BCUT2D eigenvalue weighted by molar-refractivity contribution is 6.00. The number of anilines is 1. The predicted molar refractivity (Wildman–Crippen MR) is 131 cm³/mol. The number of amides is 1. The summed E-state index contributed by atoms with van der Waals surface area (Å²) in [4.78, 5) is 18.7. The van der Waals surface area contributed by atoms with Crippen LogP contribution in [0.25, 0.3) is 16.9 Å². The van der Waals surface area contributed by atoms with E-state index in [0.29, 0.717) is 29.0 Å². The van der Waals surface area contributed by atoms with Gasteiger partial charge in [0.2, 0.25) is 0 Å². The number of carbonyl (C=O) groups excluding carboxylic acids is 1. The second-order valence-corrected chi connectivity index (χ2v) is 9.27. The minimum absolute atomic E-state index is 0.266. The fourth-order valence-corrected chi connectivity index (χ4v) is 4.66. The van der Waals surface area contributed by atoms with Crippen LogP contribution in [0, 0.1) is 6.92 Å². The Balaban J connectivity index is 1.51. The van der Waals surface area contributed by atoms with Crippen molar-refractivity contribution in [2.45, 2.75) is 38.4 Å². The quantitative estimate of drug-likeness (QED) is 0.389. The van der Waals surface area contributed by atoms with E-state index in [2.05, 4.69) is 15.3 Å². The number of hydrogen-bond donors (Lipinski definition) is 0. The third-order valence-electron chi connectivity index (χ3n) is 6.67. The zero-order valence-electron chi connectivity index (χ0n) is 20.5. The number of fused-ring (bicyclic) bond motifs is 1. The fraction of sp³-hybridized carbons (Fsp3) is 0.308. The van der Waals surface area contributed by atoms with Crippen molar-refractivity contribution in [3.8, 4) is 22.7 Å². The number of aromatic nitrogens is 5. The second kappa shape index (κ2) is 9.06. The van der Waals surface area contributed by atoms with Crippen molar-refractivity contribution in [1.29, 1.82) is 0 Å². The summed E-state index contributed by atoms with van der Waals surface area (Å²) in [6.45, 7) is 2.11. The molecule has 0 unspecified atom stereocenters. The maximum Gasteiger partial charge on any atom is 0.406 e. The van der Waals surface area contributed by atoms with Crippen LogP contribution in [0.4, 0.5) is 18.9 Å². The van der Waals surface area contributed by atoms with E-state index < -0.39 is 24.2 Å². The summed E-state index contributed by atoms with van der Waals surface area (Å²) < 4.78 is 49.3. The van der Waals surface area contributed by atoms with Crippen molar-refractivity contribution in [2.75, 3.05) is 18.6 Å². The summed E-state index contributed by atoms with van der Waals surface area (Å²) in [5.41, 5.74) is 2.37. The molecule has 8 nitrogen and oxygen atoms in total. The Kier molecular flexibility index (Phi) is 6.01. The first-order valence-corrected chi connectivity index (χ1v) is 11.7. The van der Waals surface area contributed by atoms with E-state index in [1.165, 1.54) is 4.68 Å². The van der Waals surface area contributed by atoms with E-state index >= 15 is 0 Å². The van der Waals surface area contributed by atoms with Crippen LogP contribution >= 0.6 is 0 Å². The van der Waals surface area contributed by atoms with Crippen LogP contribution in [0.3, 0.4) is 0 Å².